The van der Waals surface area contributed by atoms with Gasteiger partial charge in [0.2, 0.25) is 0 Å². The van der Waals surface area contributed by atoms with Crippen LogP contribution in [0.2, 0.25) is 0 Å². The molecule has 0 amide bonds. The first-order chi connectivity index (χ1) is 4.86. The molecule has 10 heavy (non-hydrogen) atoms. The van der Waals surface area contributed by atoms with Crippen molar-refractivity contribution in [2.24, 2.45) is 0 Å². The Labute approximate surface area is 71.8 Å². The number of pyridine rings is 1. The van der Waals surface area contributed by atoms with E-state index in [-0.39, 0.29) is 0 Å². The van der Waals surface area contributed by atoms with Crippen LogP contribution >= 0.6 is 0 Å². The molecule has 0 atom stereocenters. The van der Waals surface area contributed by atoms with Crippen LogP contribution in [0.3, 0.4) is 0 Å². The number of hydrogen-bond acceptors (Lipinski definition) is 1. The Balaban J connectivity index is 2.88. The molecule has 0 saturated heterocycles. The molecule has 0 radical (unpaired) electrons. The zero-order valence-electron chi connectivity index (χ0n) is 5.76. The third-order valence-corrected chi connectivity index (χ3v) is 3.06. The molecule has 0 saturated carbocycles. The minimum absolute atomic E-state index is 0.574. The molecular formula is C7H8N2Sn. The van der Waals surface area contributed by atoms with Crippen molar-refractivity contribution < 1.29 is 0 Å². The summed E-state index contributed by atoms with van der Waals surface area (Å²) in [6.07, 6.45) is 1.81. The zero-order chi connectivity index (χ0) is 6.97. The van der Waals surface area contributed by atoms with Crippen LogP contribution in [0, 0.1) is 0 Å². The molecule has 0 aliphatic rings. The number of nitrogens with one attached hydrogen (secondary N) is 1. The summed E-state index contributed by atoms with van der Waals surface area (Å²) in [5.74, 6) is 0. The summed E-state index contributed by atoms with van der Waals surface area (Å²) in [6, 6.07) is 6.22. The average Bonchev–Trinajstić information content (AvgIpc) is 2.27. The Morgan fingerprint density at radius 1 is 1.50 bits per heavy atom. The van der Waals surface area contributed by atoms with E-state index in [9.17, 15) is 0 Å². The van der Waals surface area contributed by atoms with Crippen molar-refractivity contribution >= 4 is 37.3 Å². The van der Waals surface area contributed by atoms with Gasteiger partial charge in [-0.25, -0.2) is 0 Å². The molecule has 0 fully saturated rings. The van der Waals surface area contributed by atoms with Gasteiger partial charge in [0.25, 0.3) is 0 Å². The van der Waals surface area contributed by atoms with Crippen LogP contribution in [0.4, 0.5) is 0 Å². The molecule has 2 aromatic rings. The molecular weight excluding hydrogens is 231 g/mol. The van der Waals surface area contributed by atoms with Crippen molar-refractivity contribution in [1.82, 2.24) is 9.97 Å². The van der Waals surface area contributed by atoms with Crippen molar-refractivity contribution in [3.05, 3.63) is 24.4 Å². The van der Waals surface area contributed by atoms with Gasteiger partial charge in [0.1, 0.15) is 0 Å². The molecule has 0 bridgehead atoms. The predicted octanol–water partition coefficient (Wildman–Crippen LogP) is -0.446. The molecule has 2 heterocycles. The van der Waals surface area contributed by atoms with Gasteiger partial charge in [-0.15, -0.1) is 0 Å². The summed E-state index contributed by atoms with van der Waals surface area (Å²) in [4.78, 5) is 7.42. The van der Waals surface area contributed by atoms with Crippen LogP contribution in [-0.2, 0) is 0 Å². The second-order valence-electron chi connectivity index (χ2n) is 2.39. The maximum absolute atomic E-state index is 4.18. The van der Waals surface area contributed by atoms with Crippen molar-refractivity contribution in [3.63, 3.8) is 0 Å². The van der Waals surface area contributed by atoms with Gasteiger partial charge in [-0.2, -0.15) is 0 Å². The standard InChI is InChI=1S/C7H5N2.Sn.3H/c1-2-6-3-5-9-7(6)8-4-1;;;;/h1-4H,(H,8,9);;;;. The third-order valence-electron chi connectivity index (χ3n) is 1.53. The molecule has 1 N–H and O–H groups in total. The molecule has 0 aliphatic heterocycles. The van der Waals surface area contributed by atoms with E-state index in [1.54, 1.807) is 0 Å². The van der Waals surface area contributed by atoms with E-state index < -0.39 is 0 Å². The first-order valence-corrected chi connectivity index (χ1v) is 6.12. The van der Waals surface area contributed by atoms with Crippen molar-refractivity contribution in [3.8, 4) is 0 Å². The van der Waals surface area contributed by atoms with Crippen LogP contribution in [0.15, 0.2) is 24.4 Å². The zero-order valence-corrected chi connectivity index (χ0v) is 11.5. The number of aromatic nitrogens is 2. The fraction of sp³-hybridized carbons (Fsp3) is 0. The van der Waals surface area contributed by atoms with E-state index in [0.29, 0.717) is 22.5 Å². The Morgan fingerprint density at radius 2 is 2.40 bits per heavy atom. The van der Waals surface area contributed by atoms with Gasteiger partial charge in [0, 0.05) is 0 Å². The number of aromatic amines is 1. The molecule has 0 spiro atoms. The SMILES string of the molecule is [SnH3][c]1cc2cccnc2[nH]1. The first kappa shape index (κ1) is 6.22. The Bertz CT molecular complexity index is 320. The molecule has 0 unspecified atom stereocenters. The Hall–Kier alpha value is -0.511. The third kappa shape index (κ3) is 0.922. The van der Waals surface area contributed by atoms with Crippen molar-refractivity contribution in [1.29, 1.82) is 0 Å². The second-order valence-corrected chi connectivity index (χ2v) is 5.47. The predicted molar refractivity (Wildman–Crippen MR) is 45.7 cm³/mol. The fourth-order valence-electron chi connectivity index (χ4n) is 1.09. The maximum atomic E-state index is 4.18. The Kier molecular flexibility index (Phi) is 1.41. The van der Waals surface area contributed by atoms with Crippen LogP contribution < -0.4 is 3.71 Å². The number of nitrogens with zero attached hydrogens (tertiary/aromatic N) is 1. The fourth-order valence-corrected chi connectivity index (χ4v) is 2.66. The van der Waals surface area contributed by atoms with Crippen LogP contribution in [-0.4, -0.2) is 32.5 Å². The van der Waals surface area contributed by atoms with E-state index in [0.717, 1.165) is 5.65 Å². The van der Waals surface area contributed by atoms with Gasteiger partial charge in [-0.1, -0.05) is 0 Å². The van der Waals surface area contributed by atoms with E-state index in [1.165, 1.54) is 9.10 Å². The molecule has 0 aromatic carbocycles. The summed E-state index contributed by atoms with van der Waals surface area (Å²) in [6.45, 7) is 0. The molecule has 0 aliphatic carbocycles. The summed E-state index contributed by atoms with van der Waals surface area (Å²) in [5.41, 5.74) is 1.02. The number of hydrogen-bond donors (Lipinski definition) is 1. The van der Waals surface area contributed by atoms with Crippen LogP contribution in [0.1, 0.15) is 0 Å². The van der Waals surface area contributed by atoms with Crippen molar-refractivity contribution in [2.75, 3.05) is 0 Å². The first-order valence-electron chi connectivity index (χ1n) is 3.26. The van der Waals surface area contributed by atoms with Crippen LogP contribution in [0.5, 0.6) is 0 Å². The van der Waals surface area contributed by atoms with E-state index >= 15 is 0 Å². The quantitative estimate of drug-likeness (QED) is 0.620. The summed E-state index contributed by atoms with van der Waals surface area (Å²) >= 11 is 0.574. The van der Waals surface area contributed by atoms with Gasteiger partial charge in [0.15, 0.2) is 0 Å². The summed E-state index contributed by atoms with van der Waals surface area (Å²) < 4.78 is 1.37. The van der Waals surface area contributed by atoms with E-state index in [1.807, 2.05) is 12.3 Å². The average molecular weight is 239 g/mol. The van der Waals surface area contributed by atoms with E-state index in [2.05, 4.69) is 22.1 Å². The van der Waals surface area contributed by atoms with Gasteiger partial charge < -0.3 is 0 Å². The van der Waals surface area contributed by atoms with Gasteiger partial charge in [-0.05, 0) is 0 Å². The van der Waals surface area contributed by atoms with Crippen LogP contribution in [0.25, 0.3) is 11.0 Å². The topological polar surface area (TPSA) is 28.7 Å². The summed E-state index contributed by atoms with van der Waals surface area (Å²) in [7, 11) is 0. The van der Waals surface area contributed by atoms with Gasteiger partial charge in [-0.3, -0.25) is 0 Å². The monoisotopic (exact) mass is 240 g/mol. The van der Waals surface area contributed by atoms with E-state index in [4.69, 9.17) is 0 Å². The van der Waals surface area contributed by atoms with Gasteiger partial charge in [0.05, 0.1) is 0 Å². The summed E-state index contributed by atoms with van der Waals surface area (Å²) in [5, 5.41) is 1.23. The molecule has 2 aromatic heterocycles. The minimum atomic E-state index is 0.574. The Morgan fingerprint density at radius 3 is 3.20 bits per heavy atom. The second kappa shape index (κ2) is 2.27. The number of H-pyrrole nitrogens is 1. The molecule has 2 rings (SSSR count). The normalized spacial score (nSPS) is 10.8. The number of fused-ring (bicyclic) bond motifs is 1. The van der Waals surface area contributed by atoms with Gasteiger partial charge >= 0.3 is 71.6 Å². The molecule has 50 valence electrons. The van der Waals surface area contributed by atoms with Crippen molar-refractivity contribution in [2.45, 2.75) is 0 Å². The number of rotatable bonds is 0. The molecule has 3 heteroatoms. The molecule has 2 nitrogen and oxygen atoms in total.